The second-order valence-corrected chi connectivity index (χ2v) is 5.12. The second kappa shape index (κ2) is 8.63. The highest BCUT2D eigenvalue weighted by molar-refractivity contribution is 7.98. The quantitative estimate of drug-likeness (QED) is 0.637. The molecule has 0 bridgehead atoms. The molecule has 19 heavy (non-hydrogen) atoms. The van der Waals surface area contributed by atoms with Crippen LogP contribution in [-0.2, 0) is 0 Å². The molecule has 0 aromatic heterocycles. The summed E-state index contributed by atoms with van der Waals surface area (Å²) in [4.78, 5) is 12.0. The van der Waals surface area contributed by atoms with Crippen molar-refractivity contribution in [3.05, 3.63) is 34.9 Å². The maximum absolute atomic E-state index is 12.0. The van der Waals surface area contributed by atoms with Crippen LogP contribution in [-0.4, -0.2) is 31.0 Å². The summed E-state index contributed by atoms with van der Waals surface area (Å²) >= 11 is 1.78. The van der Waals surface area contributed by atoms with E-state index in [4.69, 9.17) is 5.73 Å². The number of nitrogens with two attached hydrogens (primary N) is 1. The van der Waals surface area contributed by atoms with Crippen LogP contribution in [0.1, 0.15) is 27.9 Å². The summed E-state index contributed by atoms with van der Waals surface area (Å²) in [6.45, 7) is 3.00. The van der Waals surface area contributed by atoms with Crippen molar-refractivity contribution in [2.75, 3.05) is 25.1 Å². The summed E-state index contributed by atoms with van der Waals surface area (Å²) in [6.07, 6.45) is 3.04. The average Bonchev–Trinajstić information content (AvgIpc) is 2.42. The maximum atomic E-state index is 12.0. The van der Waals surface area contributed by atoms with Gasteiger partial charge in [0.05, 0.1) is 6.54 Å². The molecule has 1 amide bonds. The Balaban J connectivity index is 2.70. The van der Waals surface area contributed by atoms with Gasteiger partial charge in [0.1, 0.15) is 0 Å². The van der Waals surface area contributed by atoms with Crippen molar-refractivity contribution in [2.45, 2.75) is 13.3 Å². The van der Waals surface area contributed by atoms with Gasteiger partial charge in [0, 0.05) is 17.7 Å². The van der Waals surface area contributed by atoms with Gasteiger partial charge in [-0.15, -0.1) is 0 Å². The molecule has 102 valence electrons. The van der Waals surface area contributed by atoms with Gasteiger partial charge in [-0.3, -0.25) is 4.79 Å². The van der Waals surface area contributed by atoms with Gasteiger partial charge in [0.25, 0.3) is 5.91 Å². The topological polar surface area (TPSA) is 55.1 Å². The van der Waals surface area contributed by atoms with Gasteiger partial charge >= 0.3 is 0 Å². The summed E-state index contributed by atoms with van der Waals surface area (Å²) < 4.78 is 0. The highest BCUT2D eigenvalue weighted by Gasteiger charge is 2.06. The number of hydrogen-bond acceptors (Lipinski definition) is 3. The van der Waals surface area contributed by atoms with E-state index < -0.39 is 0 Å². The fourth-order valence-corrected chi connectivity index (χ4v) is 2.00. The zero-order valence-corrected chi connectivity index (χ0v) is 12.3. The fraction of sp³-hybridized carbons (Fsp3) is 0.400. The Hall–Kier alpha value is -1.44. The molecule has 1 aromatic carbocycles. The Morgan fingerprint density at radius 2 is 2.26 bits per heavy atom. The number of nitrogens with one attached hydrogen (secondary N) is 1. The van der Waals surface area contributed by atoms with Crippen molar-refractivity contribution < 1.29 is 4.79 Å². The summed E-state index contributed by atoms with van der Waals surface area (Å²) in [5, 5.41) is 2.91. The lowest BCUT2D eigenvalue weighted by Gasteiger charge is -2.06. The minimum absolute atomic E-state index is 0.0445. The van der Waals surface area contributed by atoms with Crippen molar-refractivity contribution >= 4 is 17.7 Å². The molecule has 0 unspecified atom stereocenters. The van der Waals surface area contributed by atoms with Gasteiger partial charge < -0.3 is 11.1 Å². The van der Waals surface area contributed by atoms with Crippen LogP contribution in [0.2, 0.25) is 0 Å². The molecule has 0 fully saturated rings. The van der Waals surface area contributed by atoms with Crippen molar-refractivity contribution in [1.82, 2.24) is 5.32 Å². The van der Waals surface area contributed by atoms with Crippen LogP contribution < -0.4 is 11.1 Å². The Kier molecular flexibility index (Phi) is 7.09. The van der Waals surface area contributed by atoms with Gasteiger partial charge in [-0.05, 0) is 43.0 Å². The first-order valence-corrected chi connectivity index (χ1v) is 7.65. The van der Waals surface area contributed by atoms with E-state index in [0.29, 0.717) is 18.7 Å². The van der Waals surface area contributed by atoms with Crippen LogP contribution in [0, 0.1) is 18.8 Å². The Labute approximate surface area is 119 Å². The molecular weight excluding hydrogens is 256 g/mol. The Bertz CT molecular complexity index is 489. The monoisotopic (exact) mass is 276 g/mol. The molecule has 0 aliphatic carbocycles. The minimum atomic E-state index is -0.0445. The predicted octanol–water partition coefficient (Wildman–Crippen LogP) is 1.79. The normalized spacial score (nSPS) is 9.63. The number of carbonyl (C=O) groups excluding carboxylic acids is 1. The van der Waals surface area contributed by atoms with Crippen LogP contribution in [0.25, 0.3) is 0 Å². The molecule has 3 nitrogen and oxygen atoms in total. The van der Waals surface area contributed by atoms with Crippen LogP contribution in [0.3, 0.4) is 0 Å². The molecule has 0 aliphatic rings. The standard InChI is InChI=1S/C15H20N2OS/c1-12-6-7-14(11-13(12)5-3-8-16)15(18)17-9-4-10-19-2/h6-7,11H,4,8-10,16H2,1-2H3,(H,17,18). The lowest BCUT2D eigenvalue weighted by Crippen LogP contribution is -2.24. The largest absolute Gasteiger partial charge is 0.352 e. The molecule has 0 saturated carbocycles. The summed E-state index contributed by atoms with van der Waals surface area (Å²) in [5.74, 6) is 6.81. The van der Waals surface area contributed by atoms with Crippen molar-refractivity contribution in [3.63, 3.8) is 0 Å². The van der Waals surface area contributed by atoms with E-state index in [0.717, 1.165) is 23.3 Å². The van der Waals surface area contributed by atoms with Gasteiger partial charge in [0.2, 0.25) is 0 Å². The summed E-state index contributed by atoms with van der Waals surface area (Å²) in [6, 6.07) is 5.56. The van der Waals surface area contributed by atoms with Gasteiger partial charge in [-0.2, -0.15) is 11.8 Å². The number of hydrogen-bond donors (Lipinski definition) is 2. The van der Waals surface area contributed by atoms with E-state index in [1.807, 2.05) is 25.1 Å². The smallest absolute Gasteiger partial charge is 0.251 e. The Morgan fingerprint density at radius 1 is 1.47 bits per heavy atom. The van der Waals surface area contributed by atoms with Crippen LogP contribution in [0.15, 0.2) is 18.2 Å². The SMILES string of the molecule is CSCCCNC(=O)c1ccc(C)c(C#CCN)c1. The zero-order valence-electron chi connectivity index (χ0n) is 11.5. The van der Waals surface area contributed by atoms with E-state index in [2.05, 4.69) is 23.4 Å². The number of benzene rings is 1. The fourth-order valence-electron chi connectivity index (χ4n) is 1.56. The van der Waals surface area contributed by atoms with Gasteiger partial charge in [-0.1, -0.05) is 17.9 Å². The number of amides is 1. The van der Waals surface area contributed by atoms with E-state index >= 15 is 0 Å². The zero-order chi connectivity index (χ0) is 14.1. The molecule has 0 spiro atoms. The molecule has 0 saturated heterocycles. The summed E-state index contributed by atoms with van der Waals surface area (Å²) in [7, 11) is 0. The molecular formula is C15H20N2OS. The first-order chi connectivity index (χ1) is 9.19. The molecule has 0 radical (unpaired) electrons. The van der Waals surface area contributed by atoms with E-state index in [9.17, 15) is 4.79 Å². The lowest BCUT2D eigenvalue weighted by molar-refractivity contribution is 0.0954. The van der Waals surface area contributed by atoms with Crippen LogP contribution >= 0.6 is 11.8 Å². The molecule has 1 rings (SSSR count). The molecule has 4 heteroatoms. The number of carbonyl (C=O) groups is 1. The van der Waals surface area contributed by atoms with E-state index in [-0.39, 0.29) is 5.91 Å². The van der Waals surface area contributed by atoms with E-state index in [1.54, 1.807) is 11.8 Å². The van der Waals surface area contributed by atoms with Crippen molar-refractivity contribution in [3.8, 4) is 11.8 Å². The summed E-state index contributed by atoms with van der Waals surface area (Å²) in [5.41, 5.74) is 7.93. The first kappa shape index (κ1) is 15.6. The molecule has 0 atom stereocenters. The first-order valence-electron chi connectivity index (χ1n) is 6.25. The molecule has 0 aliphatic heterocycles. The number of rotatable bonds is 5. The number of thioether (sulfide) groups is 1. The van der Waals surface area contributed by atoms with Crippen LogP contribution in [0.4, 0.5) is 0 Å². The highest BCUT2D eigenvalue weighted by Crippen LogP contribution is 2.10. The minimum Gasteiger partial charge on any atom is -0.352 e. The van der Waals surface area contributed by atoms with Crippen molar-refractivity contribution in [2.24, 2.45) is 5.73 Å². The van der Waals surface area contributed by atoms with Crippen LogP contribution in [0.5, 0.6) is 0 Å². The Morgan fingerprint density at radius 3 is 2.95 bits per heavy atom. The van der Waals surface area contributed by atoms with Crippen molar-refractivity contribution in [1.29, 1.82) is 0 Å². The average molecular weight is 276 g/mol. The van der Waals surface area contributed by atoms with Gasteiger partial charge in [0.15, 0.2) is 0 Å². The third kappa shape index (κ3) is 5.37. The number of aryl methyl sites for hydroxylation is 1. The van der Waals surface area contributed by atoms with E-state index in [1.165, 1.54) is 0 Å². The molecule has 0 heterocycles. The predicted molar refractivity (Wildman–Crippen MR) is 82.4 cm³/mol. The lowest BCUT2D eigenvalue weighted by atomic mass is 10.0. The second-order valence-electron chi connectivity index (χ2n) is 4.14. The highest BCUT2D eigenvalue weighted by atomic mass is 32.2. The third-order valence-corrected chi connectivity index (χ3v) is 3.33. The van der Waals surface area contributed by atoms with Gasteiger partial charge in [-0.25, -0.2) is 0 Å². The molecule has 3 N–H and O–H groups in total. The molecule has 1 aromatic rings. The third-order valence-electron chi connectivity index (χ3n) is 2.64. The maximum Gasteiger partial charge on any atom is 0.251 e.